The Kier molecular flexibility index (Phi) is 6.06. The Hall–Kier alpha value is -0.610. The molecule has 1 amide bonds. The maximum absolute atomic E-state index is 13.0. The van der Waals surface area contributed by atoms with Gasteiger partial charge in [0.25, 0.3) is 0 Å². The lowest BCUT2D eigenvalue weighted by Gasteiger charge is -2.33. The van der Waals surface area contributed by atoms with Gasteiger partial charge in [-0.05, 0) is 45.6 Å². The van der Waals surface area contributed by atoms with Gasteiger partial charge in [0.15, 0.2) is 0 Å². The number of hydrogen-bond donors (Lipinski definition) is 1. The van der Waals surface area contributed by atoms with Crippen LogP contribution in [0.5, 0.6) is 0 Å². The molecular formula is C17H32N2O2. The fourth-order valence-corrected chi connectivity index (χ4v) is 3.81. The molecule has 5 unspecified atom stereocenters. The molecule has 2 aliphatic rings. The smallest absolute Gasteiger partial charge is 0.228 e. The minimum absolute atomic E-state index is 0.0233. The number of carbonyl (C=O) groups excluding carboxylic acids is 1. The molecule has 4 heteroatoms. The van der Waals surface area contributed by atoms with Gasteiger partial charge in [-0.25, -0.2) is 0 Å². The van der Waals surface area contributed by atoms with Crippen molar-refractivity contribution in [3.05, 3.63) is 0 Å². The maximum Gasteiger partial charge on any atom is 0.228 e. The van der Waals surface area contributed by atoms with Gasteiger partial charge in [0.1, 0.15) is 0 Å². The fraction of sp³-hybridized carbons (Fsp3) is 0.941. The van der Waals surface area contributed by atoms with Crippen molar-refractivity contribution in [2.45, 2.75) is 71.6 Å². The van der Waals surface area contributed by atoms with E-state index in [4.69, 9.17) is 4.74 Å². The molecule has 2 saturated heterocycles. The van der Waals surface area contributed by atoms with Gasteiger partial charge in [-0.3, -0.25) is 4.79 Å². The second-order valence-electron chi connectivity index (χ2n) is 6.86. The fourth-order valence-electron chi connectivity index (χ4n) is 3.81. The van der Waals surface area contributed by atoms with Crippen LogP contribution in [-0.4, -0.2) is 48.7 Å². The first-order valence-corrected chi connectivity index (χ1v) is 8.72. The number of amides is 1. The SMILES string of the molecule is CCCN(CC1CCCCN1)C(=O)C1C(C)OC(C)C1C. The molecule has 4 nitrogen and oxygen atoms in total. The van der Waals surface area contributed by atoms with Gasteiger partial charge in [0, 0.05) is 19.1 Å². The van der Waals surface area contributed by atoms with Crippen LogP contribution in [0.4, 0.5) is 0 Å². The zero-order chi connectivity index (χ0) is 15.4. The Bertz CT molecular complexity index is 342. The molecule has 2 aliphatic heterocycles. The van der Waals surface area contributed by atoms with Crippen molar-refractivity contribution in [1.29, 1.82) is 0 Å². The molecule has 2 rings (SSSR count). The van der Waals surface area contributed by atoms with Crippen molar-refractivity contribution in [1.82, 2.24) is 10.2 Å². The molecule has 0 aromatic carbocycles. The summed E-state index contributed by atoms with van der Waals surface area (Å²) < 4.78 is 5.86. The number of ether oxygens (including phenoxy) is 1. The van der Waals surface area contributed by atoms with E-state index in [1.807, 2.05) is 6.92 Å². The van der Waals surface area contributed by atoms with Crippen LogP contribution >= 0.6 is 0 Å². The molecule has 0 aromatic heterocycles. The van der Waals surface area contributed by atoms with Crippen LogP contribution in [0.1, 0.15) is 53.4 Å². The lowest BCUT2D eigenvalue weighted by molar-refractivity contribution is -0.138. The van der Waals surface area contributed by atoms with E-state index in [0.717, 1.165) is 26.1 Å². The van der Waals surface area contributed by atoms with E-state index >= 15 is 0 Å². The highest BCUT2D eigenvalue weighted by Crippen LogP contribution is 2.33. The average Bonchev–Trinajstić information content (AvgIpc) is 2.72. The van der Waals surface area contributed by atoms with Crippen LogP contribution in [0, 0.1) is 11.8 Å². The lowest BCUT2D eigenvalue weighted by Crippen LogP contribution is -2.49. The van der Waals surface area contributed by atoms with E-state index in [2.05, 4.69) is 31.0 Å². The molecule has 0 aliphatic carbocycles. The van der Waals surface area contributed by atoms with Gasteiger partial charge in [0.2, 0.25) is 5.91 Å². The predicted octanol–water partition coefficient (Wildman–Crippen LogP) is 2.43. The summed E-state index contributed by atoms with van der Waals surface area (Å²) in [5.74, 6) is 0.634. The van der Waals surface area contributed by atoms with E-state index in [9.17, 15) is 4.79 Å². The third-order valence-corrected chi connectivity index (χ3v) is 5.19. The topological polar surface area (TPSA) is 41.6 Å². The third-order valence-electron chi connectivity index (χ3n) is 5.19. The van der Waals surface area contributed by atoms with Gasteiger partial charge in [-0.15, -0.1) is 0 Å². The van der Waals surface area contributed by atoms with Crippen LogP contribution in [0.15, 0.2) is 0 Å². The summed E-state index contributed by atoms with van der Waals surface area (Å²) in [7, 11) is 0. The van der Waals surface area contributed by atoms with Crippen LogP contribution in [-0.2, 0) is 9.53 Å². The Morgan fingerprint density at radius 3 is 2.52 bits per heavy atom. The predicted molar refractivity (Wildman–Crippen MR) is 85.2 cm³/mol. The molecule has 21 heavy (non-hydrogen) atoms. The third kappa shape index (κ3) is 3.98. The van der Waals surface area contributed by atoms with Crippen molar-refractivity contribution in [2.75, 3.05) is 19.6 Å². The number of nitrogens with zero attached hydrogens (tertiary/aromatic N) is 1. The van der Waals surface area contributed by atoms with Crippen LogP contribution in [0.2, 0.25) is 0 Å². The molecule has 2 fully saturated rings. The van der Waals surface area contributed by atoms with E-state index in [1.54, 1.807) is 0 Å². The van der Waals surface area contributed by atoms with Gasteiger partial charge in [-0.1, -0.05) is 20.3 Å². The van der Waals surface area contributed by atoms with Crippen LogP contribution in [0.25, 0.3) is 0 Å². The van der Waals surface area contributed by atoms with Crippen LogP contribution in [0.3, 0.4) is 0 Å². The zero-order valence-corrected chi connectivity index (χ0v) is 14.1. The second-order valence-corrected chi connectivity index (χ2v) is 6.86. The van der Waals surface area contributed by atoms with Gasteiger partial charge >= 0.3 is 0 Å². The lowest BCUT2D eigenvalue weighted by atomic mass is 9.88. The summed E-state index contributed by atoms with van der Waals surface area (Å²) in [6.45, 7) is 11.2. The van der Waals surface area contributed by atoms with Crippen molar-refractivity contribution < 1.29 is 9.53 Å². The second kappa shape index (κ2) is 7.59. The maximum atomic E-state index is 13.0. The molecule has 0 aromatic rings. The van der Waals surface area contributed by atoms with E-state index in [-0.39, 0.29) is 18.1 Å². The number of rotatable bonds is 5. The molecule has 2 heterocycles. The largest absolute Gasteiger partial charge is 0.374 e. The molecule has 0 radical (unpaired) electrons. The molecule has 122 valence electrons. The standard InChI is InChI=1S/C17H32N2O2/c1-5-10-19(11-15-8-6-7-9-18-15)17(20)16-12(2)13(3)21-14(16)4/h12-16,18H,5-11H2,1-4H3. The van der Waals surface area contributed by atoms with Crippen molar-refractivity contribution >= 4 is 5.91 Å². The average molecular weight is 296 g/mol. The summed E-state index contributed by atoms with van der Waals surface area (Å²) in [5, 5.41) is 3.56. The molecular weight excluding hydrogens is 264 g/mol. The normalized spacial score (nSPS) is 36.7. The monoisotopic (exact) mass is 296 g/mol. The van der Waals surface area contributed by atoms with Gasteiger partial charge < -0.3 is 15.0 Å². The van der Waals surface area contributed by atoms with Crippen molar-refractivity contribution in [3.63, 3.8) is 0 Å². The van der Waals surface area contributed by atoms with Crippen LogP contribution < -0.4 is 5.32 Å². The van der Waals surface area contributed by atoms with E-state index < -0.39 is 0 Å². The van der Waals surface area contributed by atoms with E-state index in [1.165, 1.54) is 19.3 Å². The zero-order valence-electron chi connectivity index (χ0n) is 14.1. The first-order valence-electron chi connectivity index (χ1n) is 8.72. The Labute approximate surface area is 129 Å². The highest BCUT2D eigenvalue weighted by Gasteiger charge is 2.43. The minimum Gasteiger partial charge on any atom is -0.374 e. The Morgan fingerprint density at radius 2 is 2.00 bits per heavy atom. The number of hydrogen-bond acceptors (Lipinski definition) is 3. The van der Waals surface area contributed by atoms with E-state index in [0.29, 0.717) is 17.9 Å². The summed E-state index contributed by atoms with van der Waals surface area (Å²) in [6.07, 6.45) is 4.98. The summed E-state index contributed by atoms with van der Waals surface area (Å²) in [6, 6.07) is 0.472. The van der Waals surface area contributed by atoms with Gasteiger partial charge in [0.05, 0.1) is 18.1 Å². The van der Waals surface area contributed by atoms with Crippen molar-refractivity contribution in [2.24, 2.45) is 11.8 Å². The molecule has 0 bridgehead atoms. The summed E-state index contributed by atoms with van der Waals surface area (Å²) in [4.78, 5) is 15.1. The van der Waals surface area contributed by atoms with Gasteiger partial charge in [-0.2, -0.15) is 0 Å². The molecule has 0 spiro atoms. The molecule has 1 N–H and O–H groups in total. The molecule has 5 atom stereocenters. The highest BCUT2D eigenvalue weighted by atomic mass is 16.5. The minimum atomic E-state index is 0.0233. The molecule has 0 saturated carbocycles. The summed E-state index contributed by atoms with van der Waals surface area (Å²) >= 11 is 0. The quantitative estimate of drug-likeness (QED) is 0.847. The summed E-state index contributed by atoms with van der Waals surface area (Å²) in [5.41, 5.74) is 0. The number of nitrogens with one attached hydrogen (secondary N) is 1. The number of carbonyl (C=O) groups is 1. The van der Waals surface area contributed by atoms with Crippen molar-refractivity contribution in [3.8, 4) is 0 Å². The number of piperidine rings is 1. The Balaban J connectivity index is 2.00. The Morgan fingerprint density at radius 1 is 1.24 bits per heavy atom. The first kappa shape index (κ1) is 16.8. The first-order chi connectivity index (χ1) is 10.0. The highest BCUT2D eigenvalue weighted by molar-refractivity contribution is 5.80.